The molecule has 1 heterocycles. The Morgan fingerprint density at radius 1 is 1.57 bits per heavy atom. The molecule has 4 nitrogen and oxygen atoms in total. The zero-order chi connectivity index (χ0) is 10.4. The van der Waals surface area contributed by atoms with Crippen molar-refractivity contribution in [2.24, 2.45) is 5.92 Å². The van der Waals surface area contributed by atoms with Gasteiger partial charge in [-0.1, -0.05) is 0 Å². The van der Waals surface area contributed by atoms with E-state index in [1.54, 1.807) is 0 Å². The van der Waals surface area contributed by atoms with Gasteiger partial charge < -0.3 is 15.5 Å². The van der Waals surface area contributed by atoms with Crippen LogP contribution in [-0.4, -0.2) is 51.1 Å². The molecule has 0 spiro atoms. The molecular formula is C10H21N3O. The van der Waals surface area contributed by atoms with Gasteiger partial charge in [0.25, 0.3) is 0 Å². The van der Waals surface area contributed by atoms with Gasteiger partial charge in [-0.3, -0.25) is 4.79 Å². The summed E-state index contributed by atoms with van der Waals surface area (Å²) in [6.45, 7) is 3.86. The molecule has 2 N–H and O–H groups in total. The standard InChI is InChI=1S/C10H21N3O/c1-11-4-3-5-13(2)10(14)6-9-7-12-8-9/h9,11-12H,3-8H2,1-2H3. The molecule has 0 aromatic carbocycles. The summed E-state index contributed by atoms with van der Waals surface area (Å²) in [7, 11) is 3.83. The quantitative estimate of drug-likeness (QED) is 0.575. The molecule has 0 aromatic rings. The summed E-state index contributed by atoms with van der Waals surface area (Å²) >= 11 is 0. The second-order valence-corrected chi connectivity index (χ2v) is 4.00. The summed E-state index contributed by atoms with van der Waals surface area (Å²) in [5.74, 6) is 0.863. The van der Waals surface area contributed by atoms with Gasteiger partial charge in [0.2, 0.25) is 5.91 Å². The predicted octanol–water partition coefficient (Wildman–Crippen LogP) is -0.336. The third-order valence-electron chi connectivity index (χ3n) is 2.68. The zero-order valence-electron chi connectivity index (χ0n) is 9.18. The monoisotopic (exact) mass is 199 g/mol. The van der Waals surface area contributed by atoms with E-state index in [1.807, 2.05) is 19.0 Å². The lowest BCUT2D eigenvalue weighted by Crippen LogP contribution is -2.45. The molecule has 0 bridgehead atoms. The molecule has 0 aromatic heterocycles. The van der Waals surface area contributed by atoms with Crippen LogP contribution < -0.4 is 10.6 Å². The largest absolute Gasteiger partial charge is 0.346 e. The number of hydrogen-bond acceptors (Lipinski definition) is 3. The van der Waals surface area contributed by atoms with Gasteiger partial charge in [-0.05, 0) is 39.0 Å². The number of carbonyl (C=O) groups is 1. The molecule has 1 aliphatic rings. The van der Waals surface area contributed by atoms with Crippen LogP contribution in [0.5, 0.6) is 0 Å². The highest BCUT2D eigenvalue weighted by atomic mass is 16.2. The molecule has 0 radical (unpaired) electrons. The molecule has 1 aliphatic heterocycles. The molecule has 1 fully saturated rings. The minimum atomic E-state index is 0.285. The van der Waals surface area contributed by atoms with Crippen LogP contribution in [0.25, 0.3) is 0 Å². The lowest BCUT2D eigenvalue weighted by atomic mass is 9.99. The van der Waals surface area contributed by atoms with Crippen LogP contribution in [0.4, 0.5) is 0 Å². The van der Waals surface area contributed by atoms with Crippen molar-refractivity contribution in [3.8, 4) is 0 Å². The Morgan fingerprint density at radius 3 is 2.79 bits per heavy atom. The lowest BCUT2D eigenvalue weighted by molar-refractivity contribution is -0.131. The second kappa shape index (κ2) is 5.98. The van der Waals surface area contributed by atoms with Gasteiger partial charge in [0, 0.05) is 20.0 Å². The van der Waals surface area contributed by atoms with E-state index >= 15 is 0 Å². The van der Waals surface area contributed by atoms with Gasteiger partial charge in [0.05, 0.1) is 0 Å². The van der Waals surface area contributed by atoms with E-state index in [-0.39, 0.29) is 5.91 Å². The van der Waals surface area contributed by atoms with Crippen molar-refractivity contribution >= 4 is 5.91 Å². The van der Waals surface area contributed by atoms with Crippen molar-refractivity contribution in [2.75, 3.05) is 40.3 Å². The highest BCUT2D eigenvalue weighted by Gasteiger charge is 2.21. The maximum Gasteiger partial charge on any atom is 0.222 e. The number of hydrogen-bond donors (Lipinski definition) is 2. The summed E-state index contributed by atoms with van der Waals surface area (Å²) in [5.41, 5.74) is 0. The maximum absolute atomic E-state index is 11.6. The minimum Gasteiger partial charge on any atom is -0.346 e. The highest BCUT2D eigenvalue weighted by Crippen LogP contribution is 2.09. The molecular weight excluding hydrogens is 178 g/mol. The Labute approximate surface area is 86.0 Å². The first-order valence-corrected chi connectivity index (χ1v) is 5.33. The van der Waals surface area contributed by atoms with Crippen molar-refractivity contribution in [3.05, 3.63) is 0 Å². The summed E-state index contributed by atoms with van der Waals surface area (Å²) in [5, 5.41) is 6.25. The van der Waals surface area contributed by atoms with Crippen molar-refractivity contribution in [3.63, 3.8) is 0 Å². The Kier molecular flexibility index (Phi) is 4.90. The van der Waals surface area contributed by atoms with Gasteiger partial charge in [0.15, 0.2) is 0 Å². The van der Waals surface area contributed by atoms with Crippen LogP contribution in [0, 0.1) is 5.92 Å². The molecule has 14 heavy (non-hydrogen) atoms. The number of amides is 1. The van der Waals surface area contributed by atoms with Crippen molar-refractivity contribution in [1.29, 1.82) is 0 Å². The Balaban J connectivity index is 2.08. The first kappa shape index (κ1) is 11.5. The average Bonchev–Trinajstić information content (AvgIpc) is 2.11. The lowest BCUT2D eigenvalue weighted by Gasteiger charge is -2.28. The van der Waals surface area contributed by atoms with Crippen molar-refractivity contribution < 1.29 is 4.79 Å². The van der Waals surface area contributed by atoms with Gasteiger partial charge in [-0.2, -0.15) is 0 Å². The van der Waals surface area contributed by atoms with Crippen LogP contribution in [0.2, 0.25) is 0 Å². The molecule has 82 valence electrons. The van der Waals surface area contributed by atoms with Gasteiger partial charge in [-0.25, -0.2) is 0 Å². The Hall–Kier alpha value is -0.610. The Morgan fingerprint density at radius 2 is 2.29 bits per heavy atom. The third kappa shape index (κ3) is 3.64. The topological polar surface area (TPSA) is 44.4 Å². The molecule has 0 unspecified atom stereocenters. The van der Waals surface area contributed by atoms with Crippen LogP contribution in [0.3, 0.4) is 0 Å². The van der Waals surface area contributed by atoms with Crippen LogP contribution in [0.1, 0.15) is 12.8 Å². The fraction of sp³-hybridized carbons (Fsp3) is 0.900. The van der Waals surface area contributed by atoms with Crippen LogP contribution in [-0.2, 0) is 4.79 Å². The molecule has 0 aliphatic carbocycles. The maximum atomic E-state index is 11.6. The van der Waals surface area contributed by atoms with Crippen molar-refractivity contribution in [1.82, 2.24) is 15.5 Å². The number of carbonyl (C=O) groups excluding carboxylic acids is 1. The zero-order valence-corrected chi connectivity index (χ0v) is 9.18. The van der Waals surface area contributed by atoms with Gasteiger partial charge >= 0.3 is 0 Å². The van der Waals surface area contributed by atoms with E-state index in [2.05, 4.69) is 10.6 Å². The van der Waals surface area contributed by atoms with E-state index in [1.165, 1.54) is 0 Å². The fourth-order valence-electron chi connectivity index (χ4n) is 1.51. The van der Waals surface area contributed by atoms with E-state index < -0.39 is 0 Å². The number of nitrogens with zero attached hydrogens (tertiary/aromatic N) is 1. The van der Waals surface area contributed by atoms with Crippen molar-refractivity contribution in [2.45, 2.75) is 12.8 Å². The van der Waals surface area contributed by atoms with Gasteiger partial charge in [-0.15, -0.1) is 0 Å². The third-order valence-corrected chi connectivity index (χ3v) is 2.68. The summed E-state index contributed by atoms with van der Waals surface area (Å²) in [6.07, 6.45) is 1.74. The first-order valence-electron chi connectivity index (χ1n) is 5.33. The summed E-state index contributed by atoms with van der Waals surface area (Å²) < 4.78 is 0. The smallest absolute Gasteiger partial charge is 0.222 e. The minimum absolute atomic E-state index is 0.285. The second-order valence-electron chi connectivity index (χ2n) is 4.00. The normalized spacial score (nSPS) is 16.4. The molecule has 1 saturated heterocycles. The molecule has 1 amide bonds. The van der Waals surface area contributed by atoms with Crippen LogP contribution in [0.15, 0.2) is 0 Å². The molecule has 4 heteroatoms. The highest BCUT2D eigenvalue weighted by molar-refractivity contribution is 5.76. The first-order chi connectivity index (χ1) is 6.74. The summed E-state index contributed by atoms with van der Waals surface area (Å²) in [4.78, 5) is 13.5. The molecule has 0 saturated carbocycles. The van der Waals surface area contributed by atoms with Crippen LogP contribution >= 0.6 is 0 Å². The number of rotatable bonds is 6. The van der Waals surface area contributed by atoms with E-state index in [0.717, 1.165) is 32.6 Å². The fourth-order valence-corrected chi connectivity index (χ4v) is 1.51. The van der Waals surface area contributed by atoms with E-state index in [4.69, 9.17) is 0 Å². The SMILES string of the molecule is CNCCCN(C)C(=O)CC1CNC1. The van der Waals surface area contributed by atoms with E-state index in [0.29, 0.717) is 12.3 Å². The molecule has 0 atom stereocenters. The number of nitrogens with one attached hydrogen (secondary N) is 2. The van der Waals surface area contributed by atoms with E-state index in [9.17, 15) is 4.79 Å². The van der Waals surface area contributed by atoms with Gasteiger partial charge in [0.1, 0.15) is 0 Å². The molecule has 1 rings (SSSR count). The average molecular weight is 199 g/mol. The summed E-state index contributed by atoms with van der Waals surface area (Å²) in [6, 6.07) is 0. The predicted molar refractivity (Wildman–Crippen MR) is 57.2 cm³/mol. The Bertz CT molecular complexity index is 180.